The molecule has 0 spiro atoms. The van der Waals surface area contributed by atoms with Crippen molar-refractivity contribution in [2.24, 2.45) is 0 Å². The summed E-state index contributed by atoms with van der Waals surface area (Å²) < 4.78 is 16.9. The van der Waals surface area contributed by atoms with Crippen molar-refractivity contribution in [1.29, 1.82) is 0 Å². The predicted molar refractivity (Wildman–Crippen MR) is 334 cm³/mol. The minimum absolute atomic E-state index is 0.0972. The van der Waals surface area contributed by atoms with Crippen molar-refractivity contribution in [2.45, 2.75) is 309 Å². The quantitative estimate of drug-likeness (QED) is 0.0261. The normalized spacial score (nSPS) is 12.8. The maximum absolute atomic E-state index is 12.9. The zero-order valence-corrected chi connectivity index (χ0v) is 50.4. The minimum atomic E-state index is -0.805. The summed E-state index contributed by atoms with van der Waals surface area (Å²) in [4.78, 5) is 38.3. The molecule has 0 radical (unpaired) electrons. The Morgan fingerprint density at radius 2 is 0.506 bits per heavy atom. The summed E-state index contributed by atoms with van der Waals surface area (Å²) in [6.45, 7) is 6.37. The molecule has 0 N–H and O–H groups in total. The molecule has 0 aromatic heterocycles. The molecule has 0 amide bonds. The molecular formula is C71H120O6. The molecule has 0 bridgehead atoms. The molecule has 0 saturated carbocycles. The van der Waals surface area contributed by atoms with Crippen molar-refractivity contribution >= 4 is 17.9 Å². The Labute approximate surface area is 476 Å². The number of unbranched alkanes of at least 4 members (excludes halogenated alkanes) is 29. The second-order valence-electron chi connectivity index (χ2n) is 21.3. The van der Waals surface area contributed by atoms with Crippen LogP contribution in [0.15, 0.2) is 109 Å². The Balaban J connectivity index is 4.27. The summed E-state index contributed by atoms with van der Waals surface area (Å²) in [5.41, 5.74) is 0. The van der Waals surface area contributed by atoms with E-state index in [4.69, 9.17) is 14.2 Å². The molecule has 0 aromatic carbocycles. The first-order chi connectivity index (χ1) is 38.0. The summed E-state index contributed by atoms with van der Waals surface area (Å²) in [7, 11) is 0. The van der Waals surface area contributed by atoms with Crippen molar-refractivity contribution in [2.75, 3.05) is 13.2 Å². The van der Waals surface area contributed by atoms with E-state index in [1.807, 2.05) is 0 Å². The van der Waals surface area contributed by atoms with Crippen LogP contribution in [0.5, 0.6) is 0 Å². The van der Waals surface area contributed by atoms with Gasteiger partial charge in [-0.25, -0.2) is 0 Å². The van der Waals surface area contributed by atoms with Gasteiger partial charge >= 0.3 is 17.9 Å². The van der Waals surface area contributed by atoms with Gasteiger partial charge in [0.05, 0.1) is 0 Å². The van der Waals surface area contributed by atoms with Gasteiger partial charge in [-0.2, -0.15) is 0 Å². The van der Waals surface area contributed by atoms with Gasteiger partial charge in [-0.1, -0.05) is 271 Å². The molecule has 0 heterocycles. The molecule has 0 aromatic rings. The monoisotopic (exact) mass is 1070 g/mol. The fraction of sp³-hybridized carbons (Fsp3) is 0.704. The summed E-state index contributed by atoms with van der Waals surface area (Å²) in [6.07, 6.45) is 88.3. The number of hydrogen-bond donors (Lipinski definition) is 0. The van der Waals surface area contributed by atoms with Gasteiger partial charge < -0.3 is 14.2 Å². The highest BCUT2D eigenvalue weighted by molar-refractivity contribution is 5.71. The van der Waals surface area contributed by atoms with E-state index in [0.717, 1.165) is 128 Å². The Morgan fingerprint density at radius 3 is 0.805 bits per heavy atom. The molecular weight excluding hydrogens is 949 g/mol. The van der Waals surface area contributed by atoms with Crippen LogP contribution >= 0.6 is 0 Å². The molecule has 0 rings (SSSR count). The first kappa shape index (κ1) is 73.1. The van der Waals surface area contributed by atoms with Gasteiger partial charge in [0.15, 0.2) is 6.10 Å². The fourth-order valence-electron chi connectivity index (χ4n) is 8.95. The smallest absolute Gasteiger partial charge is 0.306 e. The maximum Gasteiger partial charge on any atom is 0.306 e. The van der Waals surface area contributed by atoms with Gasteiger partial charge in [0.25, 0.3) is 0 Å². The zero-order chi connectivity index (χ0) is 55.7. The van der Waals surface area contributed by atoms with Crippen LogP contribution < -0.4 is 0 Å². The van der Waals surface area contributed by atoms with Crippen LogP contribution in [-0.2, 0) is 28.6 Å². The summed E-state index contributed by atoms with van der Waals surface area (Å²) in [5.74, 6) is -0.946. The standard InChI is InChI=1S/C71H120O6/c1-4-7-10-13-16-19-22-25-27-29-30-31-32-33-34-35-36-37-38-39-40-42-43-46-49-52-55-58-61-64-70(73)76-67-68(66-75-69(72)63-60-57-54-51-48-45-24-21-18-15-12-9-6-3)77-71(74)65-62-59-56-53-50-47-44-41-28-26-23-20-17-14-11-8-5-2/h8-9,11-12,17-18,20-22,25-26,28-30,44-45,47-48,68H,4-7,10,13-16,19,23-24,27,31-43,46,49-67H2,1-3H3/b11-8-,12-9-,20-17-,21-18-,25-22-,28-26-,30-29-,47-44-,48-45-. The van der Waals surface area contributed by atoms with E-state index in [1.165, 1.54) is 135 Å². The van der Waals surface area contributed by atoms with Crippen molar-refractivity contribution in [3.63, 3.8) is 0 Å². The Morgan fingerprint density at radius 1 is 0.273 bits per heavy atom. The van der Waals surface area contributed by atoms with E-state index in [9.17, 15) is 14.4 Å². The largest absolute Gasteiger partial charge is 0.462 e. The van der Waals surface area contributed by atoms with E-state index in [0.29, 0.717) is 19.3 Å². The van der Waals surface area contributed by atoms with E-state index >= 15 is 0 Å². The number of esters is 3. The van der Waals surface area contributed by atoms with Crippen LogP contribution in [0.2, 0.25) is 0 Å². The molecule has 77 heavy (non-hydrogen) atoms. The maximum atomic E-state index is 12.9. The fourth-order valence-corrected chi connectivity index (χ4v) is 8.95. The van der Waals surface area contributed by atoms with Crippen LogP contribution in [0.25, 0.3) is 0 Å². The molecule has 1 unspecified atom stereocenters. The lowest BCUT2D eigenvalue weighted by Crippen LogP contribution is -2.30. The van der Waals surface area contributed by atoms with Crippen LogP contribution in [0.3, 0.4) is 0 Å². The number of ether oxygens (including phenoxy) is 3. The Bertz CT molecular complexity index is 1560. The SMILES string of the molecule is CC/C=C\C/C=C\C/C=C\C/C=C\CCCCCCC(=O)OC(COC(=O)CCCCC/C=C\C/C=C\C/C=C\CC)COC(=O)CCCCCCCCCCCCCCCCCCC/C=C\C/C=C\CCCCCCC. The van der Waals surface area contributed by atoms with Gasteiger partial charge in [-0.15, -0.1) is 0 Å². The number of carbonyl (C=O) groups excluding carboxylic acids is 3. The molecule has 0 fully saturated rings. The highest BCUT2D eigenvalue weighted by Gasteiger charge is 2.19. The first-order valence-electron chi connectivity index (χ1n) is 32.4. The average molecular weight is 1070 g/mol. The van der Waals surface area contributed by atoms with Crippen LogP contribution in [0.1, 0.15) is 303 Å². The Hall–Kier alpha value is -3.93. The topological polar surface area (TPSA) is 78.9 Å². The lowest BCUT2D eigenvalue weighted by molar-refractivity contribution is -0.167. The zero-order valence-electron chi connectivity index (χ0n) is 50.4. The molecule has 0 aliphatic rings. The lowest BCUT2D eigenvalue weighted by Gasteiger charge is -2.18. The molecule has 1 atom stereocenters. The molecule has 0 saturated heterocycles. The highest BCUT2D eigenvalue weighted by Crippen LogP contribution is 2.16. The van der Waals surface area contributed by atoms with Crippen LogP contribution in [0, 0.1) is 0 Å². The van der Waals surface area contributed by atoms with E-state index < -0.39 is 6.10 Å². The molecule has 440 valence electrons. The average Bonchev–Trinajstić information content (AvgIpc) is 3.43. The van der Waals surface area contributed by atoms with E-state index in [2.05, 4.69) is 130 Å². The van der Waals surface area contributed by atoms with E-state index in [-0.39, 0.29) is 31.1 Å². The van der Waals surface area contributed by atoms with E-state index in [1.54, 1.807) is 0 Å². The van der Waals surface area contributed by atoms with Gasteiger partial charge in [0.2, 0.25) is 0 Å². The highest BCUT2D eigenvalue weighted by atomic mass is 16.6. The molecule has 0 aliphatic carbocycles. The van der Waals surface area contributed by atoms with Crippen molar-refractivity contribution in [1.82, 2.24) is 0 Å². The van der Waals surface area contributed by atoms with Crippen LogP contribution in [-0.4, -0.2) is 37.2 Å². The number of carbonyl (C=O) groups is 3. The van der Waals surface area contributed by atoms with Gasteiger partial charge in [0.1, 0.15) is 13.2 Å². The molecule has 6 heteroatoms. The number of hydrogen-bond acceptors (Lipinski definition) is 6. The molecule has 0 aliphatic heterocycles. The molecule has 6 nitrogen and oxygen atoms in total. The third-order valence-electron chi connectivity index (χ3n) is 13.7. The van der Waals surface area contributed by atoms with Crippen molar-refractivity contribution in [3.05, 3.63) is 109 Å². The summed E-state index contributed by atoms with van der Waals surface area (Å²) in [5, 5.41) is 0. The third kappa shape index (κ3) is 62.8. The minimum Gasteiger partial charge on any atom is -0.462 e. The number of allylic oxidation sites excluding steroid dienone is 18. The van der Waals surface area contributed by atoms with Crippen LogP contribution in [0.4, 0.5) is 0 Å². The van der Waals surface area contributed by atoms with Gasteiger partial charge in [0, 0.05) is 19.3 Å². The summed E-state index contributed by atoms with van der Waals surface area (Å²) in [6, 6.07) is 0. The second kappa shape index (κ2) is 64.6. The lowest BCUT2D eigenvalue weighted by atomic mass is 10.0. The Kier molecular flexibility index (Phi) is 61.3. The summed E-state index contributed by atoms with van der Waals surface area (Å²) >= 11 is 0. The van der Waals surface area contributed by atoms with Crippen molar-refractivity contribution < 1.29 is 28.6 Å². The van der Waals surface area contributed by atoms with Gasteiger partial charge in [-0.3, -0.25) is 14.4 Å². The number of rotatable bonds is 58. The predicted octanol–water partition coefficient (Wildman–Crippen LogP) is 22.2. The third-order valence-corrected chi connectivity index (χ3v) is 13.7. The van der Waals surface area contributed by atoms with Gasteiger partial charge in [-0.05, 0) is 122 Å². The van der Waals surface area contributed by atoms with Crippen molar-refractivity contribution in [3.8, 4) is 0 Å². The second-order valence-corrected chi connectivity index (χ2v) is 21.3. The first-order valence-corrected chi connectivity index (χ1v) is 32.4.